The molecule has 25 heavy (non-hydrogen) atoms. The highest BCUT2D eigenvalue weighted by Gasteiger charge is 2.36. The van der Waals surface area contributed by atoms with Crippen LogP contribution in [0.5, 0.6) is 0 Å². The molecule has 6 heteroatoms. The Labute approximate surface area is 148 Å². The van der Waals surface area contributed by atoms with E-state index in [0.29, 0.717) is 24.8 Å². The van der Waals surface area contributed by atoms with Crippen LogP contribution in [0.25, 0.3) is 0 Å². The number of carboxylic acid groups (broad SMARTS) is 1. The lowest BCUT2D eigenvalue weighted by molar-refractivity contribution is -0.146. The van der Waals surface area contributed by atoms with Crippen LogP contribution >= 0.6 is 0 Å². The number of hydrogen-bond donors (Lipinski definition) is 3. The van der Waals surface area contributed by atoms with Crippen LogP contribution in [0.1, 0.15) is 49.0 Å². The van der Waals surface area contributed by atoms with E-state index >= 15 is 0 Å². The van der Waals surface area contributed by atoms with Crippen LogP contribution in [0, 0.1) is 18.8 Å². The second-order valence-corrected chi connectivity index (χ2v) is 7.18. The molecular formula is C19H26N2O4. The summed E-state index contributed by atoms with van der Waals surface area (Å²) in [4.78, 5) is 35.9. The molecule has 3 N–H and O–H groups in total. The Morgan fingerprint density at radius 2 is 1.84 bits per heavy atom. The van der Waals surface area contributed by atoms with E-state index in [-0.39, 0.29) is 29.7 Å². The number of carboxylic acids is 1. The fraction of sp³-hybridized carbons (Fsp3) is 0.526. The summed E-state index contributed by atoms with van der Waals surface area (Å²) in [7, 11) is 0. The van der Waals surface area contributed by atoms with Crippen molar-refractivity contribution in [3.63, 3.8) is 0 Å². The molecule has 0 bridgehead atoms. The van der Waals surface area contributed by atoms with Crippen molar-refractivity contribution >= 4 is 17.8 Å². The van der Waals surface area contributed by atoms with Crippen LogP contribution in [-0.2, 0) is 9.59 Å². The van der Waals surface area contributed by atoms with E-state index in [1.54, 1.807) is 12.1 Å². The third-order valence-corrected chi connectivity index (χ3v) is 4.55. The van der Waals surface area contributed by atoms with Crippen LogP contribution in [-0.4, -0.2) is 35.0 Å². The van der Waals surface area contributed by atoms with E-state index in [9.17, 15) is 14.4 Å². The fourth-order valence-corrected chi connectivity index (χ4v) is 3.01. The lowest BCUT2D eigenvalue weighted by Crippen LogP contribution is -2.54. The highest BCUT2D eigenvalue weighted by molar-refractivity contribution is 5.98. The Kier molecular flexibility index (Phi) is 6.17. The monoisotopic (exact) mass is 346 g/mol. The van der Waals surface area contributed by atoms with Gasteiger partial charge in [-0.05, 0) is 43.7 Å². The number of hydrogen-bond acceptors (Lipinski definition) is 3. The second-order valence-electron chi connectivity index (χ2n) is 7.18. The molecule has 1 aromatic rings. The highest BCUT2D eigenvalue weighted by Crippen LogP contribution is 2.27. The molecule has 1 fully saturated rings. The number of aryl methyl sites for hydroxylation is 1. The molecule has 1 saturated carbocycles. The van der Waals surface area contributed by atoms with Gasteiger partial charge in [0.15, 0.2) is 0 Å². The number of nitrogens with one attached hydrogen (secondary N) is 2. The third-order valence-electron chi connectivity index (χ3n) is 4.55. The van der Waals surface area contributed by atoms with E-state index in [0.717, 1.165) is 5.56 Å². The Morgan fingerprint density at radius 1 is 1.20 bits per heavy atom. The number of amides is 2. The Morgan fingerprint density at radius 3 is 2.40 bits per heavy atom. The summed E-state index contributed by atoms with van der Waals surface area (Å²) < 4.78 is 0. The largest absolute Gasteiger partial charge is 0.481 e. The summed E-state index contributed by atoms with van der Waals surface area (Å²) >= 11 is 0. The minimum absolute atomic E-state index is 0.126. The molecule has 0 aliphatic heterocycles. The maximum atomic E-state index is 12.5. The predicted octanol–water partition coefficient (Wildman–Crippen LogP) is 2.12. The van der Waals surface area contributed by atoms with Crippen molar-refractivity contribution in [1.82, 2.24) is 10.6 Å². The highest BCUT2D eigenvalue weighted by atomic mass is 16.4. The number of benzene rings is 1. The zero-order valence-corrected chi connectivity index (χ0v) is 14.9. The molecule has 2 amide bonds. The summed E-state index contributed by atoms with van der Waals surface area (Å²) in [5, 5.41) is 14.6. The zero-order chi connectivity index (χ0) is 18.6. The summed E-state index contributed by atoms with van der Waals surface area (Å²) in [6, 6.07) is 6.49. The van der Waals surface area contributed by atoms with Crippen LogP contribution in [0.15, 0.2) is 24.3 Å². The molecule has 0 spiro atoms. The van der Waals surface area contributed by atoms with Gasteiger partial charge in [-0.3, -0.25) is 14.4 Å². The Bertz CT molecular complexity index is 651. The van der Waals surface area contributed by atoms with Gasteiger partial charge >= 0.3 is 5.97 Å². The summed E-state index contributed by atoms with van der Waals surface area (Å²) in [6.07, 6.45) is 1.42. The van der Waals surface area contributed by atoms with Crippen molar-refractivity contribution < 1.29 is 19.5 Å². The first kappa shape index (κ1) is 19.0. The van der Waals surface area contributed by atoms with E-state index in [4.69, 9.17) is 5.11 Å². The topological polar surface area (TPSA) is 95.5 Å². The second kappa shape index (κ2) is 8.14. The maximum Gasteiger partial charge on any atom is 0.306 e. The Hall–Kier alpha value is -2.37. The molecule has 0 radical (unpaired) electrons. The average Bonchev–Trinajstić information content (AvgIpc) is 2.49. The van der Waals surface area contributed by atoms with Gasteiger partial charge in [-0.25, -0.2) is 0 Å². The van der Waals surface area contributed by atoms with Gasteiger partial charge in [0, 0.05) is 11.6 Å². The third kappa shape index (κ3) is 5.05. The Balaban J connectivity index is 1.98. The number of rotatable bonds is 7. The summed E-state index contributed by atoms with van der Waals surface area (Å²) in [5.74, 6) is -1.48. The molecular weight excluding hydrogens is 320 g/mol. The number of carbonyl (C=O) groups is 3. The van der Waals surface area contributed by atoms with E-state index in [2.05, 4.69) is 10.6 Å². The molecule has 1 aliphatic carbocycles. The first-order valence-corrected chi connectivity index (χ1v) is 8.67. The normalized spacial score (nSPS) is 20.5. The van der Waals surface area contributed by atoms with Crippen molar-refractivity contribution in [3.05, 3.63) is 35.4 Å². The van der Waals surface area contributed by atoms with Gasteiger partial charge in [-0.2, -0.15) is 0 Å². The van der Waals surface area contributed by atoms with E-state index in [1.165, 1.54) is 0 Å². The molecule has 1 aliphatic rings. The average molecular weight is 346 g/mol. The molecule has 6 nitrogen and oxygen atoms in total. The van der Waals surface area contributed by atoms with Gasteiger partial charge in [-0.15, -0.1) is 0 Å². The first-order valence-electron chi connectivity index (χ1n) is 8.67. The smallest absolute Gasteiger partial charge is 0.306 e. The quantitative estimate of drug-likeness (QED) is 0.705. The summed E-state index contributed by atoms with van der Waals surface area (Å²) in [5.41, 5.74) is 1.41. The molecule has 136 valence electrons. The first-order chi connectivity index (χ1) is 11.8. The lowest BCUT2D eigenvalue weighted by Gasteiger charge is -2.34. The van der Waals surface area contributed by atoms with Gasteiger partial charge in [0.2, 0.25) is 5.91 Å². The molecule has 0 saturated heterocycles. The standard InChI is InChI=1S/C19H26N2O4/c1-11(2)8-16(18(23)20-14-9-13(10-14)19(24)25)21-17(22)15-7-5-4-6-12(15)3/h4-7,11,13-14,16H,8-10H2,1-3H3,(H,20,23)(H,21,22)(H,24,25). The fourth-order valence-electron chi connectivity index (χ4n) is 3.01. The minimum Gasteiger partial charge on any atom is -0.481 e. The molecule has 1 aromatic carbocycles. The van der Waals surface area contributed by atoms with Crippen molar-refractivity contribution in [2.75, 3.05) is 0 Å². The molecule has 0 aromatic heterocycles. The van der Waals surface area contributed by atoms with Gasteiger partial charge in [0.05, 0.1) is 5.92 Å². The SMILES string of the molecule is Cc1ccccc1C(=O)NC(CC(C)C)C(=O)NC1CC(C(=O)O)C1. The number of aliphatic carboxylic acids is 1. The van der Waals surface area contributed by atoms with Gasteiger partial charge in [0.25, 0.3) is 5.91 Å². The van der Waals surface area contributed by atoms with Crippen molar-refractivity contribution in [2.24, 2.45) is 11.8 Å². The maximum absolute atomic E-state index is 12.5. The molecule has 1 atom stereocenters. The van der Waals surface area contributed by atoms with E-state index in [1.807, 2.05) is 32.9 Å². The number of carbonyl (C=O) groups excluding carboxylic acids is 2. The lowest BCUT2D eigenvalue weighted by atomic mass is 9.80. The van der Waals surface area contributed by atoms with Crippen LogP contribution in [0.4, 0.5) is 0 Å². The van der Waals surface area contributed by atoms with Crippen molar-refractivity contribution in [1.29, 1.82) is 0 Å². The van der Waals surface area contributed by atoms with E-state index < -0.39 is 12.0 Å². The van der Waals surface area contributed by atoms with Crippen LogP contribution in [0.2, 0.25) is 0 Å². The van der Waals surface area contributed by atoms with Crippen LogP contribution in [0.3, 0.4) is 0 Å². The van der Waals surface area contributed by atoms with Crippen molar-refractivity contribution in [3.8, 4) is 0 Å². The summed E-state index contributed by atoms with van der Waals surface area (Å²) in [6.45, 7) is 5.83. The minimum atomic E-state index is -0.822. The van der Waals surface area contributed by atoms with Crippen LogP contribution < -0.4 is 10.6 Å². The van der Waals surface area contributed by atoms with Gasteiger partial charge in [-0.1, -0.05) is 32.0 Å². The predicted molar refractivity (Wildman–Crippen MR) is 94.2 cm³/mol. The zero-order valence-electron chi connectivity index (χ0n) is 14.9. The van der Waals surface area contributed by atoms with Crippen molar-refractivity contribution in [2.45, 2.75) is 52.1 Å². The van der Waals surface area contributed by atoms with Gasteiger partial charge in [0.1, 0.15) is 6.04 Å². The molecule has 0 heterocycles. The molecule has 2 rings (SSSR count). The van der Waals surface area contributed by atoms with Gasteiger partial charge < -0.3 is 15.7 Å². The molecule has 1 unspecified atom stereocenters.